The van der Waals surface area contributed by atoms with E-state index in [0.29, 0.717) is 0 Å². The second-order valence-electron chi connectivity index (χ2n) is 3.90. The van der Waals surface area contributed by atoms with Gasteiger partial charge in [0.2, 0.25) is 0 Å². The average Bonchev–Trinajstić information content (AvgIpc) is 2.40. The van der Waals surface area contributed by atoms with E-state index in [-0.39, 0.29) is 25.9 Å². The van der Waals surface area contributed by atoms with Crippen LogP contribution >= 0.6 is 0 Å². The van der Waals surface area contributed by atoms with Crippen LogP contribution in [0.3, 0.4) is 0 Å². The molecule has 3 atom stereocenters. The molecule has 0 radical (unpaired) electrons. The number of aliphatic hydroxyl groups is 1. The highest BCUT2D eigenvalue weighted by Crippen LogP contribution is 2.40. The van der Waals surface area contributed by atoms with Crippen molar-refractivity contribution in [2.45, 2.75) is 30.7 Å². The van der Waals surface area contributed by atoms with E-state index in [4.69, 9.17) is 5.11 Å². The fraction of sp³-hybridized carbons (Fsp3) is 0.875. The van der Waals surface area contributed by atoms with E-state index in [1.807, 2.05) is 0 Å². The van der Waals surface area contributed by atoms with Crippen LogP contribution in [0.15, 0.2) is 0 Å². The number of aliphatic hydroxyl groups excluding tert-OH is 1. The molecule has 0 bridgehead atoms. The molecule has 0 aromatic heterocycles. The van der Waals surface area contributed by atoms with Crippen LogP contribution in [-0.2, 0) is 4.79 Å². The predicted octanol–water partition coefficient (Wildman–Crippen LogP) is -0.382. The smallest absolute Gasteiger partial charge is 0.324 e. The number of carbonyl (C=O) groups is 1. The van der Waals surface area contributed by atoms with E-state index in [1.54, 1.807) is 4.90 Å². The maximum absolute atomic E-state index is 13.0. The highest BCUT2D eigenvalue weighted by atomic mass is 19.1. The Labute approximate surface area is 75.0 Å². The number of fused-ring (bicyclic) bond motifs is 1. The zero-order chi connectivity index (χ0) is 9.64. The average molecular weight is 189 g/mol. The van der Waals surface area contributed by atoms with Crippen molar-refractivity contribution in [3.63, 3.8) is 0 Å². The van der Waals surface area contributed by atoms with Crippen molar-refractivity contribution in [2.24, 2.45) is 0 Å². The SMILES string of the molecule is O=C(O)[C@]12CC(O)CN1C[C@H](F)C2. The second-order valence-corrected chi connectivity index (χ2v) is 3.90. The number of aliphatic carboxylic acids is 1. The van der Waals surface area contributed by atoms with Crippen molar-refractivity contribution in [3.05, 3.63) is 0 Å². The largest absolute Gasteiger partial charge is 0.480 e. The number of nitrogens with zero attached hydrogens (tertiary/aromatic N) is 1. The first-order valence-corrected chi connectivity index (χ1v) is 4.35. The van der Waals surface area contributed by atoms with E-state index in [0.717, 1.165) is 0 Å². The van der Waals surface area contributed by atoms with Gasteiger partial charge < -0.3 is 10.2 Å². The van der Waals surface area contributed by atoms with Crippen molar-refractivity contribution in [3.8, 4) is 0 Å². The van der Waals surface area contributed by atoms with Gasteiger partial charge in [0.15, 0.2) is 0 Å². The molecule has 2 aliphatic heterocycles. The van der Waals surface area contributed by atoms with Gasteiger partial charge in [0.1, 0.15) is 11.7 Å². The van der Waals surface area contributed by atoms with Gasteiger partial charge in [0.25, 0.3) is 0 Å². The van der Waals surface area contributed by atoms with Gasteiger partial charge in [0, 0.05) is 25.9 Å². The Balaban J connectivity index is 2.26. The number of alkyl halides is 1. The topological polar surface area (TPSA) is 60.8 Å². The number of carboxylic acids is 1. The van der Waals surface area contributed by atoms with Gasteiger partial charge in [0.05, 0.1) is 6.10 Å². The lowest BCUT2D eigenvalue weighted by Gasteiger charge is -2.25. The van der Waals surface area contributed by atoms with E-state index in [2.05, 4.69) is 0 Å². The van der Waals surface area contributed by atoms with Crippen LogP contribution < -0.4 is 0 Å². The van der Waals surface area contributed by atoms with E-state index >= 15 is 0 Å². The van der Waals surface area contributed by atoms with Crippen molar-refractivity contribution in [1.82, 2.24) is 4.90 Å². The lowest BCUT2D eigenvalue weighted by molar-refractivity contribution is -0.148. The Bertz CT molecular complexity index is 232. The number of hydrogen-bond donors (Lipinski definition) is 2. The molecular weight excluding hydrogens is 177 g/mol. The van der Waals surface area contributed by atoms with Crippen molar-refractivity contribution in [1.29, 1.82) is 0 Å². The summed E-state index contributed by atoms with van der Waals surface area (Å²) in [7, 11) is 0. The monoisotopic (exact) mass is 189 g/mol. The molecule has 2 aliphatic rings. The van der Waals surface area contributed by atoms with Gasteiger partial charge in [-0.25, -0.2) is 4.39 Å². The van der Waals surface area contributed by atoms with Gasteiger partial charge >= 0.3 is 5.97 Å². The van der Waals surface area contributed by atoms with Crippen LogP contribution in [-0.4, -0.2) is 52.0 Å². The van der Waals surface area contributed by atoms with Crippen LogP contribution in [0, 0.1) is 0 Å². The molecule has 2 rings (SSSR count). The zero-order valence-corrected chi connectivity index (χ0v) is 7.11. The first-order chi connectivity index (χ1) is 6.04. The Morgan fingerprint density at radius 1 is 1.46 bits per heavy atom. The van der Waals surface area contributed by atoms with Crippen molar-refractivity contribution >= 4 is 5.97 Å². The molecule has 0 spiro atoms. The molecule has 0 aliphatic carbocycles. The maximum Gasteiger partial charge on any atom is 0.324 e. The van der Waals surface area contributed by atoms with Gasteiger partial charge in [-0.1, -0.05) is 0 Å². The highest BCUT2D eigenvalue weighted by Gasteiger charge is 2.56. The van der Waals surface area contributed by atoms with Crippen LogP contribution in [0.1, 0.15) is 12.8 Å². The molecule has 5 heteroatoms. The summed E-state index contributed by atoms with van der Waals surface area (Å²) in [4.78, 5) is 12.5. The third-order valence-corrected chi connectivity index (χ3v) is 2.99. The van der Waals surface area contributed by atoms with Crippen LogP contribution in [0.4, 0.5) is 4.39 Å². The van der Waals surface area contributed by atoms with E-state index in [9.17, 15) is 14.3 Å². The molecule has 0 aromatic carbocycles. The number of halogens is 1. The molecule has 0 saturated carbocycles. The normalized spacial score (nSPS) is 45.1. The summed E-state index contributed by atoms with van der Waals surface area (Å²) in [6, 6.07) is 0. The molecule has 4 nitrogen and oxygen atoms in total. The molecular formula is C8H12FNO3. The Hall–Kier alpha value is -0.680. The highest BCUT2D eigenvalue weighted by molar-refractivity contribution is 5.80. The third-order valence-electron chi connectivity index (χ3n) is 2.99. The predicted molar refractivity (Wildman–Crippen MR) is 42.1 cm³/mol. The fourth-order valence-corrected chi connectivity index (χ4v) is 2.45. The summed E-state index contributed by atoms with van der Waals surface area (Å²) in [5.74, 6) is -1.01. The molecule has 0 amide bonds. The van der Waals surface area contributed by atoms with Crippen molar-refractivity contribution < 1.29 is 19.4 Å². The molecule has 2 N–H and O–H groups in total. The van der Waals surface area contributed by atoms with Gasteiger partial charge in [-0.05, 0) is 0 Å². The molecule has 2 fully saturated rings. The minimum atomic E-state index is -1.13. The Morgan fingerprint density at radius 3 is 2.69 bits per heavy atom. The fourth-order valence-electron chi connectivity index (χ4n) is 2.45. The summed E-state index contributed by atoms with van der Waals surface area (Å²) in [6.07, 6.45) is -1.52. The first kappa shape index (κ1) is 8.90. The lowest BCUT2D eigenvalue weighted by Crippen LogP contribution is -2.45. The second kappa shape index (κ2) is 2.65. The van der Waals surface area contributed by atoms with E-state index in [1.165, 1.54) is 0 Å². The number of hydrogen-bond acceptors (Lipinski definition) is 3. The summed E-state index contributed by atoms with van der Waals surface area (Å²) < 4.78 is 13.0. The Kier molecular flexibility index (Phi) is 1.82. The molecule has 2 saturated heterocycles. The van der Waals surface area contributed by atoms with Gasteiger partial charge in [-0.2, -0.15) is 0 Å². The molecule has 74 valence electrons. The van der Waals surface area contributed by atoms with Crippen LogP contribution in [0.5, 0.6) is 0 Å². The van der Waals surface area contributed by atoms with E-state index < -0.39 is 23.8 Å². The zero-order valence-electron chi connectivity index (χ0n) is 7.11. The molecule has 0 aromatic rings. The number of β-amino-alcohol motifs (C(OH)–C–C–N with tert-alkyl or cyclic N) is 1. The third kappa shape index (κ3) is 1.14. The molecule has 1 unspecified atom stereocenters. The first-order valence-electron chi connectivity index (χ1n) is 4.35. The van der Waals surface area contributed by atoms with Gasteiger partial charge in [-0.3, -0.25) is 9.69 Å². The standard InChI is InChI=1S/C8H12FNO3/c9-5-1-8(7(12)13)2-6(11)4-10(8)3-5/h5-6,11H,1-4H2,(H,12,13)/t5-,6?,8+/m1/s1. The van der Waals surface area contributed by atoms with Gasteiger partial charge in [-0.15, -0.1) is 0 Å². The lowest BCUT2D eigenvalue weighted by atomic mass is 9.93. The minimum Gasteiger partial charge on any atom is -0.480 e. The summed E-state index contributed by atoms with van der Waals surface area (Å²) >= 11 is 0. The van der Waals surface area contributed by atoms with Crippen molar-refractivity contribution in [2.75, 3.05) is 13.1 Å². The minimum absolute atomic E-state index is 0.0133. The Morgan fingerprint density at radius 2 is 2.15 bits per heavy atom. The summed E-state index contributed by atoms with van der Waals surface area (Å²) in [5, 5.41) is 18.3. The van der Waals surface area contributed by atoms with Crippen LogP contribution in [0.2, 0.25) is 0 Å². The maximum atomic E-state index is 13.0. The number of carboxylic acid groups (broad SMARTS) is 1. The molecule has 2 heterocycles. The quantitative estimate of drug-likeness (QED) is 0.590. The summed E-state index contributed by atoms with van der Waals surface area (Å²) in [6.45, 7) is 0.427. The summed E-state index contributed by atoms with van der Waals surface area (Å²) in [5.41, 5.74) is -1.13. The molecule has 13 heavy (non-hydrogen) atoms. The number of rotatable bonds is 1. The van der Waals surface area contributed by atoms with Crippen LogP contribution in [0.25, 0.3) is 0 Å².